The molecule has 1 fully saturated rings. The molecular formula is C27H30N2O4. The number of ether oxygens (including phenoxy) is 2. The number of aliphatic hydroxyl groups excluding tert-OH is 1. The molecule has 1 amide bonds. The summed E-state index contributed by atoms with van der Waals surface area (Å²) in [5, 5.41) is 9.38. The first-order valence-electron chi connectivity index (χ1n) is 11.3. The summed E-state index contributed by atoms with van der Waals surface area (Å²) in [6.07, 6.45) is 3.34. The number of aliphatic hydroxyl groups is 1. The van der Waals surface area contributed by atoms with Gasteiger partial charge in [-0.3, -0.25) is 0 Å². The third-order valence-electron chi connectivity index (χ3n) is 6.45. The monoisotopic (exact) mass is 446 g/mol. The molecule has 6 heteroatoms. The average molecular weight is 447 g/mol. The van der Waals surface area contributed by atoms with Crippen LogP contribution in [-0.4, -0.2) is 41.3 Å². The third kappa shape index (κ3) is 4.86. The number of carbonyl (C=O) groups is 1. The van der Waals surface area contributed by atoms with Crippen LogP contribution in [0, 0.1) is 0 Å². The normalized spacial score (nSPS) is 19.1. The first-order valence-corrected chi connectivity index (χ1v) is 11.3. The van der Waals surface area contributed by atoms with Gasteiger partial charge >= 0.3 is 6.09 Å². The van der Waals surface area contributed by atoms with Crippen LogP contribution in [0.5, 0.6) is 5.88 Å². The Morgan fingerprint density at radius 1 is 1.09 bits per heavy atom. The molecule has 172 valence electrons. The number of cyclic esters (lactones) is 1. The molecule has 0 bridgehead atoms. The summed E-state index contributed by atoms with van der Waals surface area (Å²) in [5.74, 6) is 0.582. The Labute approximate surface area is 194 Å². The quantitative estimate of drug-likeness (QED) is 0.506. The molecule has 6 nitrogen and oxygen atoms in total. The van der Waals surface area contributed by atoms with Gasteiger partial charge in [0.15, 0.2) is 0 Å². The van der Waals surface area contributed by atoms with Crippen molar-refractivity contribution < 1.29 is 19.4 Å². The van der Waals surface area contributed by atoms with Crippen molar-refractivity contribution in [1.82, 2.24) is 9.88 Å². The molecule has 0 aliphatic carbocycles. The lowest BCUT2D eigenvalue weighted by Gasteiger charge is -2.43. The minimum Gasteiger partial charge on any atom is -0.481 e. The first kappa shape index (κ1) is 22.8. The minimum atomic E-state index is -0.692. The molecular weight excluding hydrogens is 416 g/mol. The highest BCUT2D eigenvalue weighted by atomic mass is 16.6. The van der Waals surface area contributed by atoms with E-state index in [2.05, 4.69) is 4.98 Å². The smallest absolute Gasteiger partial charge is 0.411 e. The van der Waals surface area contributed by atoms with Crippen LogP contribution in [0.3, 0.4) is 0 Å². The topological polar surface area (TPSA) is 71.9 Å². The Hall–Kier alpha value is -3.38. The summed E-state index contributed by atoms with van der Waals surface area (Å²) in [4.78, 5) is 19.2. The fraction of sp³-hybridized carbons (Fsp3) is 0.333. The maximum atomic E-state index is 13.1. The fourth-order valence-electron chi connectivity index (χ4n) is 4.46. The van der Waals surface area contributed by atoms with E-state index in [-0.39, 0.29) is 18.7 Å². The Morgan fingerprint density at radius 2 is 1.82 bits per heavy atom. The van der Waals surface area contributed by atoms with Crippen molar-refractivity contribution in [3.63, 3.8) is 0 Å². The van der Waals surface area contributed by atoms with Gasteiger partial charge in [-0.05, 0) is 42.5 Å². The summed E-state index contributed by atoms with van der Waals surface area (Å²) < 4.78 is 11.2. The number of carbonyl (C=O) groups excluding carboxylic acids is 1. The van der Waals surface area contributed by atoms with Gasteiger partial charge in [-0.25, -0.2) is 9.78 Å². The molecule has 1 N–H and O–H groups in total. The van der Waals surface area contributed by atoms with E-state index >= 15 is 0 Å². The highest BCUT2D eigenvalue weighted by molar-refractivity contribution is 5.70. The SMILES string of the molecule is COc1ccc(-c2ccc(C(C)N3CCC(CCCO)(c4ccccc4)OC3=O)cc2)cn1. The number of benzene rings is 2. The van der Waals surface area contributed by atoms with Gasteiger partial charge in [-0.1, -0.05) is 54.6 Å². The van der Waals surface area contributed by atoms with Crippen LogP contribution in [0.25, 0.3) is 11.1 Å². The fourth-order valence-corrected chi connectivity index (χ4v) is 4.46. The number of hydrogen-bond donors (Lipinski definition) is 1. The van der Waals surface area contributed by atoms with E-state index in [9.17, 15) is 9.90 Å². The maximum Gasteiger partial charge on any atom is 0.411 e. The average Bonchev–Trinajstić information content (AvgIpc) is 2.88. The van der Waals surface area contributed by atoms with Crippen molar-refractivity contribution in [1.29, 1.82) is 0 Å². The van der Waals surface area contributed by atoms with Gasteiger partial charge in [0.05, 0.1) is 13.2 Å². The van der Waals surface area contributed by atoms with Crippen molar-refractivity contribution in [3.05, 3.63) is 84.1 Å². The molecule has 3 aromatic rings. The van der Waals surface area contributed by atoms with Gasteiger partial charge < -0.3 is 19.5 Å². The predicted octanol–water partition coefficient (Wildman–Crippen LogP) is 5.33. The molecule has 0 spiro atoms. The summed E-state index contributed by atoms with van der Waals surface area (Å²) in [6.45, 7) is 2.68. The zero-order valence-corrected chi connectivity index (χ0v) is 19.1. The second-order valence-corrected chi connectivity index (χ2v) is 8.39. The van der Waals surface area contributed by atoms with Crippen molar-refractivity contribution in [2.45, 2.75) is 37.8 Å². The maximum absolute atomic E-state index is 13.1. The van der Waals surface area contributed by atoms with Gasteiger partial charge in [0.2, 0.25) is 5.88 Å². The Bertz CT molecular complexity index is 1050. The third-order valence-corrected chi connectivity index (χ3v) is 6.45. The van der Waals surface area contributed by atoms with Crippen molar-refractivity contribution in [3.8, 4) is 17.0 Å². The Kier molecular flexibility index (Phi) is 6.94. The summed E-state index contributed by atoms with van der Waals surface area (Å²) >= 11 is 0. The highest BCUT2D eigenvalue weighted by Gasteiger charge is 2.43. The first-order chi connectivity index (χ1) is 16.1. The summed E-state index contributed by atoms with van der Waals surface area (Å²) in [5.41, 5.74) is 3.39. The highest BCUT2D eigenvalue weighted by Crippen LogP contribution is 2.40. The van der Waals surface area contributed by atoms with E-state index < -0.39 is 5.60 Å². The number of rotatable bonds is 8. The van der Waals surface area contributed by atoms with Gasteiger partial charge in [0.1, 0.15) is 5.60 Å². The van der Waals surface area contributed by atoms with Crippen LogP contribution >= 0.6 is 0 Å². The molecule has 2 heterocycles. The number of hydrogen-bond acceptors (Lipinski definition) is 5. The van der Waals surface area contributed by atoms with Gasteiger partial charge in [-0.15, -0.1) is 0 Å². The Balaban J connectivity index is 1.49. The van der Waals surface area contributed by atoms with Crippen molar-refractivity contribution in [2.75, 3.05) is 20.3 Å². The van der Waals surface area contributed by atoms with Gasteiger partial charge in [0.25, 0.3) is 0 Å². The number of pyridine rings is 1. The van der Waals surface area contributed by atoms with Crippen LogP contribution < -0.4 is 4.74 Å². The van der Waals surface area contributed by atoms with E-state index in [1.807, 2.05) is 73.7 Å². The number of amides is 1. The van der Waals surface area contributed by atoms with Gasteiger partial charge in [-0.2, -0.15) is 0 Å². The standard InChI is InChI=1S/C27H30N2O4/c1-20(21-9-11-22(12-10-21)23-13-14-25(32-2)28-19-23)29-17-16-27(15-6-18-30,33-26(29)31)24-7-4-3-5-8-24/h3-5,7-14,19-20,30H,6,15-18H2,1-2H3. The molecule has 1 aliphatic rings. The lowest BCUT2D eigenvalue weighted by molar-refractivity contribution is -0.0680. The van der Waals surface area contributed by atoms with Crippen LogP contribution in [0.15, 0.2) is 72.9 Å². The van der Waals surface area contributed by atoms with Crippen LogP contribution in [0.2, 0.25) is 0 Å². The predicted molar refractivity (Wildman–Crippen MR) is 127 cm³/mol. The van der Waals surface area contributed by atoms with Crippen LogP contribution in [0.4, 0.5) is 4.79 Å². The molecule has 0 saturated carbocycles. The zero-order valence-electron chi connectivity index (χ0n) is 19.1. The molecule has 33 heavy (non-hydrogen) atoms. The molecule has 2 aromatic carbocycles. The second-order valence-electron chi connectivity index (χ2n) is 8.39. The second kappa shape index (κ2) is 10.0. The minimum absolute atomic E-state index is 0.0717. The van der Waals surface area contributed by atoms with E-state index in [0.29, 0.717) is 31.7 Å². The van der Waals surface area contributed by atoms with E-state index in [0.717, 1.165) is 22.3 Å². The number of methoxy groups -OCH3 is 1. The molecule has 1 saturated heterocycles. The van der Waals surface area contributed by atoms with E-state index in [4.69, 9.17) is 9.47 Å². The van der Waals surface area contributed by atoms with Crippen LogP contribution in [-0.2, 0) is 10.3 Å². The number of aromatic nitrogens is 1. The lowest BCUT2D eigenvalue weighted by Crippen LogP contribution is -2.48. The Morgan fingerprint density at radius 3 is 2.42 bits per heavy atom. The molecule has 2 unspecified atom stereocenters. The molecule has 2 atom stereocenters. The van der Waals surface area contributed by atoms with Crippen LogP contribution in [0.1, 0.15) is 43.4 Å². The van der Waals surface area contributed by atoms with E-state index in [1.54, 1.807) is 18.2 Å². The van der Waals surface area contributed by atoms with Gasteiger partial charge in [0, 0.05) is 37.4 Å². The van der Waals surface area contributed by atoms with Crippen molar-refractivity contribution >= 4 is 6.09 Å². The molecule has 1 aliphatic heterocycles. The molecule has 4 rings (SSSR count). The lowest BCUT2D eigenvalue weighted by atomic mass is 9.84. The molecule has 0 radical (unpaired) electrons. The summed E-state index contributed by atoms with van der Waals surface area (Å²) in [7, 11) is 1.60. The summed E-state index contributed by atoms with van der Waals surface area (Å²) in [6, 6.07) is 21.7. The molecule has 1 aromatic heterocycles. The zero-order chi connectivity index (χ0) is 23.3. The van der Waals surface area contributed by atoms with E-state index in [1.165, 1.54) is 0 Å². The largest absolute Gasteiger partial charge is 0.481 e. The van der Waals surface area contributed by atoms with Crippen molar-refractivity contribution in [2.24, 2.45) is 0 Å². The number of nitrogens with zero attached hydrogens (tertiary/aromatic N) is 2.